The van der Waals surface area contributed by atoms with Gasteiger partial charge in [0.15, 0.2) is 5.78 Å². The van der Waals surface area contributed by atoms with E-state index in [9.17, 15) is 24.3 Å². The number of Topliss-reactive ketones (excluding diaryl/α,β-unsaturated/α-hetero) is 1. The van der Waals surface area contributed by atoms with Gasteiger partial charge in [-0.1, -0.05) is 13.8 Å². The van der Waals surface area contributed by atoms with Crippen molar-refractivity contribution < 1.29 is 24.3 Å². The number of carboxylic acids is 1. The molecule has 4 atom stereocenters. The standard InChI is InChI=1S/C17H29N3O5S/c1-10(2)8-13(19)15(23)20-6-4-11(9-21)17(20,16(24)25)14(22)12(18)5-7-26-3/h9-13H,4-8,18-19H2,1-3H3,(H,24,25). The minimum Gasteiger partial charge on any atom is -0.479 e. The molecule has 1 rings (SSSR count). The summed E-state index contributed by atoms with van der Waals surface area (Å²) in [4.78, 5) is 50.6. The summed E-state index contributed by atoms with van der Waals surface area (Å²) in [6.45, 7) is 3.76. The fourth-order valence-corrected chi connectivity index (χ4v) is 3.96. The summed E-state index contributed by atoms with van der Waals surface area (Å²) in [7, 11) is 0. The van der Waals surface area contributed by atoms with Crippen LogP contribution in [0.4, 0.5) is 0 Å². The van der Waals surface area contributed by atoms with Crippen molar-refractivity contribution in [2.75, 3.05) is 18.6 Å². The first-order chi connectivity index (χ1) is 12.1. The summed E-state index contributed by atoms with van der Waals surface area (Å²) in [5, 5.41) is 9.92. The molecule has 1 aliphatic rings. The van der Waals surface area contributed by atoms with Crippen molar-refractivity contribution in [3.63, 3.8) is 0 Å². The lowest BCUT2D eigenvalue weighted by atomic mass is 9.78. The normalized spacial score (nSPS) is 25.2. The average molecular weight is 388 g/mol. The number of aliphatic carboxylic acids is 1. The van der Waals surface area contributed by atoms with Gasteiger partial charge in [-0.2, -0.15) is 11.8 Å². The van der Waals surface area contributed by atoms with Crippen LogP contribution in [0.25, 0.3) is 0 Å². The third-order valence-corrected chi connectivity index (χ3v) is 5.41. The number of hydrogen-bond acceptors (Lipinski definition) is 7. The Morgan fingerprint density at radius 3 is 2.38 bits per heavy atom. The topological polar surface area (TPSA) is 144 Å². The van der Waals surface area contributed by atoms with Gasteiger partial charge in [0.25, 0.3) is 0 Å². The number of likely N-dealkylation sites (tertiary alicyclic amines) is 1. The molecule has 0 spiro atoms. The van der Waals surface area contributed by atoms with Crippen LogP contribution in [0, 0.1) is 11.8 Å². The van der Waals surface area contributed by atoms with Crippen molar-refractivity contribution in [1.29, 1.82) is 0 Å². The Morgan fingerprint density at radius 1 is 1.31 bits per heavy atom. The molecule has 1 aliphatic heterocycles. The highest BCUT2D eigenvalue weighted by molar-refractivity contribution is 7.98. The van der Waals surface area contributed by atoms with Gasteiger partial charge in [-0.25, -0.2) is 4.79 Å². The van der Waals surface area contributed by atoms with Crippen LogP contribution in [-0.2, 0) is 19.2 Å². The SMILES string of the molecule is CSCCC(N)C(=O)C1(C(=O)O)C(C=O)CCN1C(=O)C(N)CC(C)C. The predicted molar refractivity (Wildman–Crippen MR) is 99.7 cm³/mol. The number of nitrogens with two attached hydrogens (primary N) is 2. The van der Waals surface area contributed by atoms with E-state index < -0.39 is 41.2 Å². The summed E-state index contributed by atoms with van der Waals surface area (Å²) < 4.78 is 0. The van der Waals surface area contributed by atoms with Gasteiger partial charge in [0.1, 0.15) is 6.29 Å². The minimum absolute atomic E-state index is 0.0126. The zero-order valence-electron chi connectivity index (χ0n) is 15.5. The molecule has 26 heavy (non-hydrogen) atoms. The number of hydrogen-bond donors (Lipinski definition) is 3. The predicted octanol–water partition coefficient (Wildman–Crippen LogP) is -0.120. The van der Waals surface area contributed by atoms with Crippen LogP contribution in [0.5, 0.6) is 0 Å². The Hall–Kier alpha value is -1.45. The number of aldehydes is 1. The number of carbonyl (C=O) groups excluding carboxylic acids is 3. The van der Waals surface area contributed by atoms with Crippen LogP contribution in [0.2, 0.25) is 0 Å². The van der Waals surface area contributed by atoms with Crippen molar-refractivity contribution in [1.82, 2.24) is 4.90 Å². The molecule has 0 aromatic rings. The van der Waals surface area contributed by atoms with Gasteiger partial charge in [0, 0.05) is 6.54 Å². The zero-order valence-corrected chi connectivity index (χ0v) is 16.3. The molecule has 0 aromatic carbocycles. The maximum atomic E-state index is 13.0. The highest BCUT2D eigenvalue weighted by Crippen LogP contribution is 2.37. The molecular weight excluding hydrogens is 358 g/mol. The summed E-state index contributed by atoms with van der Waals surface area (Å²) in [6.07, 6.45) is 2.99. The summed E-state index contributed by atoms with van der Waals surface area (Å²) in [6, 6.07) is -2.01. The van der Waals surface area contributed by atoms with E-state index in [4.69, 9.17) is 11.5 Å². The summed E-state index contributed by atoms with van der Waals surface area (Å²) in [5.41, 5.74) is 9.60. The second-order valence-corrected chi connectivity index (χ2v) is 8.07. The zero-order chi connectivity index (χ0) is 20.1. The highest BCUT2D eigenvalue weighted by Gasteiger charge is 2.63. The largest absolute Gasteiger partial charge is 0.479 e. The van der Waals surface area contributed by atoms with Gasteiger partial charge in [-0.05, 0) is 37.2 Å². The number of amides is 1. The average Bonchev–Trinajstić information content (AvgIpc) is 2.97. The maximum Gasteiger partial charge on any atom is 0.338 e. The van der Waals surface area contributed by atoms with Crippen molar-refractivity contribution in [3.05, 3.63) is 0 Å². The van der Waals surface area contributed by atoms with Crippen LogP contribution in [-0.4, -0.2) is 70.1 Å². The van der Waals surface area contributed by atoms with Crippen molar-refractivity contribution in [2.24, 2.45) is 23.3 Å². The number of thioether (sulfide) groups is 1. The molecule has 1 saturated heterocycles. The van der Waals surface area contributed by atoms with E-state index in [-0.39, 0.29) is 25.3 Å². The number of carbonyl (C=O) groups is 4. The van der Waals surface area contributed by atoms with Crippen LogP contribution in [0.15, 0.2) is 0 Å². The van der Waals surface area contributed by atoms with Crippen molar-refractivity contribution in [3.8, 4) is 0 Å². The van der Waals surface area contributed by atoms with E-state index in [1.807, 2.05) is 20.1 Å². The molecule has 5 N–H and O–H groups in total. The lowest BCUT2D eigenvalue weighted by Gasteiger charge is -2.38. The Balaban J connectivity index is 3.31. The van der Waals surface area contributed by atoms with Gasteiger partial charge >= 0.3 is 5.97 Å². The number of carboxylic acid groups (broad SMARTS) is 1. The number of rotatable bonds is 10. The van der Waals surface area contributed by atoms with Crippen LogP contribution >= 0.6 is 11.8 Å². The van der Waals surface area contributed by atoms with Crippen molar-refractivity contribution in [2.45, 2.75) is 50.7 Å². The summed E-state index contributed by atoms with van der Waals surface area (Å²) >= 11 is 1.47. The number of ketones is 1. The Bertz CT molecular complexity index is 557. The van der Waals surface area contributed by atoms with Crippen LogP contribution in [0.3, 0.4) is 0 Å². The molecular formula is C17H29N3O5S. The van der Waals surface area contributed by atoms with Gasteiger partial charge in [0.2, 0.25) is 11.4 Å². The maximum absolute atomic E-state index is 13.0. The molecule has 1 amide bonds. The Labute approximate surface area is 158 Å². The second-order valence-electron chi connectivity index (χ2n) is 7.08. The van der Waals surface area contributed by atoms with Gasteiger partial charge in [0.05, 0.1) is 18.0 Å². The fourth-order valence-electron chi connectivity index (χ4n) is 3.47. The van der Waals surface area contributed by atoms with Crippen molar-refractivity contribution >= 4 is 35.7 Å². The third kappa shape index (κ3) is 4.27. The molecule has 0 aliphatic carbocycles. The molecule has 9 heteroatoms. The molecule has 1 heterocycles. The van der Waals surface area contributed by atoms with Crippen LogP contribution in [0.1, 0.15) is 33.1 Å². The Kier molecular flexibility index (Phi) is 8.23. The first kappa shape index (κ1) is 22.6. The lowest BCUT2D eigenvalue weighted by molar-refractivity contribution is -0.166. The Morgan fingerprint density at radius 2 is 1.92 bits per heavy atom. The van der Waals surface area contributed by atoms with E-state index >= 15 is 0 Å². The molecule has 1 fully saturated rings. The molecule has 0 aromatic heterocycles. The van der Waals surface area contributed by atoms with E-state index in [2.05, 4.69) is 0 Å². The van der Waals surface area contributed by atoms with E-state index in [1.54, 1.807) is 0 Å². The lowest BCUT2D eigenvalue weighted by Crippen LogP contribution is -2.67. The molecule has 148 valence electrons. The molecule has 0 radical (unpaired) electrons. The van der Waals surface area contributed by atoms with E-state index in [0.29, 0.717) is 18.5 Å². The third-order valence-electron chi connectivity index (χ3n) is 4.77. The number of nitrogens with zero attached hydrogens (tertiary/aromatic N) is 1. The van der Waals surface area contributed by atoms with Crippen LogP contribution < -0.4 is 11.5 Å². The van der Waals surface area contributed by atoms with E-state index in [0.717, 1.165) is 4.90 Å². The van der Waals surface area contributed by atoms with Gasteiger partial charge < -0.3 is 26.3 Å². The van der Waals surface area contributed by atoms with Gasteiger partial charge in [-0.15, -0.1) is 0 Å². The monoisotopic (exact) mass is 387 g/mol. The molecule has 0 saturated carbocycles. The second kappa shape index (κ2) is 9.48. The summed E-state index contributed by atoms with van der Waals surface area (Å²) in [5.74, 6) is -3.41. The fraction of sp³-hybridized carbons (Fsp3) is 0.765. The molecule has 0 bridgehead atoms. The first-order valence-electron chi connectivity index (χ1n) is 8.69. The smallest absolute Gasteiger partial charge is 0.338 e. The van der Waals surface area contributed by atoms with Gasteiger partial charge in [-0.3, -0.25) is 9.59 Å². The quantitative estimate of drug-likeness (QED) is 0.348. The van der Waals surface area contributed by atoms with E-state index in [1.165, 1.54) is 11.8 Å². The molecule has 8 nitrogen and oxygen atoms in total. The minimum atomic E-state index is -2.27. The highest BCUT2D eigenvalue weighted by atomic mass is 32.2. The molecule has 4 unspecified atom stereocenters. The first-order valence-corrected chi connectivity index (χ1v) is 10.1.